The van der Waals surface area contributed by atoms with Gasteiger partial charge in [-0.25, -0.2) is 4.39 Å². The van der Waals surface area contributed by atoms with E-state index < -0.39 is 12.1 Å². The number of hydrogen-bond acceptors (Lipinski definition) is 3. The number of nitrogens with one attached hydrogen (secondary N) is 1. The highest BCUT2D eigenvalue weighted by Crippen LogP contribution is 2.29. The third-order valence-electron chi connectivity index (χ3n) is 4.26. The molecule has 0 spiro atoms. The van der Waals surface area contributed by atoms with Gasteiger partial charge in [0.25, 0.3) is 5.91 Å². The van der Waals surface area contributed by atoms with Crippen molar-refractivity contribution in [3.8, 4) is 0 Å². The summed E-state index contributed by atoms with van der Waals surface area (Å²) in [4.78, 5) is 26.1. The molecule has 1 fully saturated rings. The van der Waals surface area contributed by atoms with Crippen LogP contribution in [0.25, 0.3) is 0 Å². The Bertz CT molecular complexity index is 749. The lowest BCUT2D eigenvalue weighted by Gasteiger charge is -2.38. The highest BCUT2D eigenvalue weighted by molar-refractivity contribution is 5.86. The van der Waals surface area contributed by atoms with E-state index in [1.54, 1.807) is 19.2 Å². The maximum atomic E-state index is 13.2. The van der Waals surface area contributed by atoms with Crippen molar-refractivity contribution < 1.29 is 18.7 Å². The highest BCUT2D eigenvalue weighted by Gasteiger charge is 2.39. The number of ether oxygens (including phenoxy) is 1. The predicted molar refractivity (Wildman–Crippen MR) is 89.9 cm³/mol. The van der Waals surface area contributed by atoms with Crippen molar-refractivity contribution in [1.82, 2.24) is 10.2 Å². The zero-order valence-corrected chi connectivity index (χ0v) is 13.8. The molecule has 0 unspecified atom stereocenters. The molecule has 2 atom stereocenters. The van der Waals surface area contributed by atoms with Gasteiger partial charge in [-0.2, -0.15) is 0 Å². The zero-order chi connectivity index (χ0) is 17.8. The lowest BCUT2D eigenvalue weighted by molar-refractivity contribution is -0.162. The normalized spacial score (nSPS) is 20.4. The fraction of sp³-hybridized carbons (Fsp3) is 0.263. The minimum absolute atomic E-state index is 0.155. The Labute approximate surface area is 145 Å². The van der Waals surface area contributed by atoms with Crippen LogP contribution >= 0.6 is 0 Å². The Balaban J connectivity index is 1.78. The highest BCUT2D eigenvalue weighted by atomic mass is 19.1. The number of amides is 2. The monoisotopic (exact) mass is 342 g/mol. The van der Waals surface area contributed by atoms with Crippen LogP contribution in [0.2, 0.25) is 0 Å². The van der Waals surface area contributed by atoms with Gasteiger partial charge in [0.15, 0.2) is 6.10 Å². The van der Waals surface area contributed by atoms with Crippen LogP contribution in [-0.2, 0) is 20.9 Å². The SMILES string of the molecule is CN1C(=O)CO[C@@H](C(=O)NCc2ccccc2)[C@@H]1c1ccc(F)cc1. The maximum Gasteiger partial charge on any atom is 0.251 e. The third-order valence-corrected chi connectivity index (χ3v) is 4.26. The summed E-state index contributed by atoms with van der Waals surface area (Å²) in [6.45, 7) is 0.213. The van der Waals surface area contributed by atoms with Crippen LogP contribution in [0.4, 0.5) is 4.39 Å². The van der Waals surface area contributed by atoms with Gasteiger partial charge in [-0.3, -0.25) is 9.59 Å². The Morgan fingerprint density at radius 3 is 2.56 bits per heavy atom. The topological polar surface area (TPSA) is 58.6 Å². The van der Waals surface area contributed by atoms with Gasteiger partial charge in [0, 0.05) is 13.6 Å². The van der Waals surface area contributed by atoms with Crippen molar-refractivity contribution in [2.24, 2.45) is 0 Å². The average molecular weight is 342 g/mol. The molecule has 2 aromatic carbocycles. The largest absolute Gasteiger partial charge is 0.356 e. The summed E-state index contributed by atoms with van der Waals surface area (Å²) < 4.78 is 18.7. The molecule has 0 saturated carbocycles. The number of carbonyl (C=O) groups excluding carboxylic acids is 2. The molecule has 2 aromatic rings. The van der Waals surface area contributed by atoms with Gasteiger partial charge in [-0.1, -0.05) is 42.5 Å². The lowest BCUT2D eigenvalue weighted by Crippen LogP contribution is -2.52. The van der Waals surface area contributed by atoms with Crippen molar-refractivity contribution in [2.75, 3.05) is 13.7 Å². The minimum atomic E-state index is -0.850. The van der Waals surface area contributed by atoms with Crippen molar-refractivity contribution in [3.05, 3.63) is 71.5 Å². The van der Waals surface area contributed by atoms with Crippen LogP contribution in [0, 0.1) is 5.82 Å². The molecule has 0 radical (unpaired) electrons. The first-order chi connectivity index (χ1) is 12.1. The Kier molecular flexibility index (Phi) is 5.09. The van der Waals surface area contributed by atoms with Crippen molar-refractivity contribution in [1.29, 1.82) is 0 Å². The molecule has 0 aliphatic carbocycles. The number of hydrogen-bond donors (Lipinski definition) is 1. The van der Waals surface area contributed by atoms with Crippen LogP contribution in [0.15, 0.2) is 54.6 Å². The van der Waals surface area contributed by atoms with Crippen LogP contribution in [0.5, 0.6) is 0 Å². The van der Waals surface area contributed by atoms with Crippen LogP contribution < -0.4 is 5.32 Å². The molecule has 1 aliphatic rings. The summed E-state index contributed by atoms with van der Waals surface area (Å²) in [5.41, 5.74) is 1.62. The minimum Gasteiger partial charge on any atom is -0.356 e. The van der Waals surface area contributed by atoms with Crippen molar-refractivity contribution in [2.45, 2.75) is 18.7 Å². The first kappa shape index (κ1) is 17.1. The standard InChI is InChI=1S/C19H19FN2O3/c1-22-16(23)12-25-18(17(22)14-7-9-15(20)10-8-14)19(24)21-11-13-5-3-2-4-6-13/h2-10,17-18H,11-12H2,1H3,(H,21,24)/t17-,18+/m0/s1. The molecular weight excluding hydrogens is 323 g/mol. The van der Waals surface area contributed by atoms with Gasteiger partial charge in [0.1, 0.15) is 12.4 Å². The summed E-state index contributed by atoms with van der Waals surface area (Å²) in [5.74, 6) is -0.904. The second kappa shape index (κ2) is 7.44. The number of benzene rings is 2. The number of rotatable bonds is 4. The van der Waals surface area contributed by atoms with E-state index in [0.717, 1.165) is 5.56 Å². The van der Waals surface area contributed by atoms with Gasteiger partial charge >= 0.3 is 0 Å². The van der Waals surface area contributed by atoms with E-state index in [9.17, 15) is 14.0 Å². The molecule has 1 N–H and O–H groups in total. The van der Waals surface area contributed by atoms with E-state index in [-0.39, 0.29) is 24.2 Å². The maximum absolute atomic E-state index is 13.2. The second-order valence-corrected chi connectivity index (χ2v) is 5.94. The van der Waals surface area contributed by atoms with E-state index in [1.807, 2.05) is 30.3 Å². The molecule has 1 saturated heterocycles. The molecule has 0 bridgehead atoms. The summed E-state index contributed by atoms with van der Waals surface area (Å²) in [7, 11) is 1.62. The smallest absolute Gasteiger partial charge is 0.251 e. The van der Waals surface area contributed by atoms with E-state index in [0.29, 0.717) is 12.1 Å². The third kappa shape index (κ3) is 3.85. The molecule has 1 heterocycles. The molecule has 3 rings (SSSR count). The summed E-state index contributed by atoms with van der Waals surface area (Å²) >= 11 is 0. The van der Waals surface area contributed by atoms with Crippen molar-refractivity contribution >= 4 is 11.8 Å². The molecule has 25 heavy (non-hydrogen) atoms. The van der Waals surface area contributed by atoms with E-state index in [1.165, 1.54) is 17.0 Å². The number of carbonyl (C=O) groups is 2. The molecule has 0 aromatic heterocycles. The Hall–Kier alpha value is -2.73. The summed E-state index contributed by atoms with van der Waals surface area (Å²) in [5, 5.41) is 2.84. The predicted octanol–water partition coefficient (Wildman–Crippen LogP) is 2.04. The van der Waals surface area contributed by atoms with Gasteiger partial charge in [0.05, 0.1) is 6.04 Å². The van der Waals surface area contributed by atoms with Crippen LogP contribution in [0.1, 0.15) is 17.2 Å². The van der Waals surface area contributed by atoms with Gasteiger partial charge in [-0.15, -0.1) is 0 Å². The average Bonchev–Trinajstić information content (AvgIpc) is 2.63. The number of morpholine rings is 1. The summed E-state index contributed by atoms with van der Waals surface area (Å²) in [6.07, 6.45) is -0.850. The number of halogens is 1. The molecule has 6 heteroatoms. The molecule has 2 amide bonds. The lowest BCUT2D eigenvalue weighted by atomic mass is 9.97. The van der Waals surface area contributed by atoms with Gasteiger partial charge in [0.2, 0.25) is 5.91 Å². The Morgan fingerprint density at radius 2 is 1.88 bits per heavy atom. The van der Waals surface area contributed by atoms with Gasteiger partial charge < -0.3 is 15.0 Å². The van der Waals surface area contributed by atoms with E-state index >= 15 is 0 Å². The fourth-order valence-corrected chi connectivity index (χ4v) is 2.88. The van der Waals surface area contributed by atoms with Gasteiger partial charge in [-0.05, 0) is 23.3 Å². The quantitative estimate of drug-likeness (QED) is 0.925. The molecule has 5 nitrogen and oxygen atoms in total. The zero-order valence-electron chi connectivity index (χ0n) is 13.8. The van der Waals surface area contributed by atoms with Crippen LogP contribution in [-0.4, -0.2) is 36.5 Å². The first-order valence-corrected chi connectivity index (χ1v) is 8.00. The van der Waals surface area contributed by atoms with Crippen LogP contribution in [0.3, 0.4) is 0 Å². The molecular formula is C19H19FN2O3. The number of nitrogens with zero attached hydrogens (tertiary/aromatic N) is 1. The Morgan fingerprint density at radius 1 is 1.20 bits per heavy atom. The molecule has 130 valence electrons. The van der Waals surface area contributed by atoms with Crippen molar-refractivity contribution in [3.63, 3.8) is 0 Å². The number of likely N-dealkylation sites (N-methyl/N-ethyl adjacent to an activating group) is 1. The van der Waals surface area contributed by atoms with E-state index in [4.69, 9.17) is 4.74 Å². The van der Waals surface area contributed by atoms with E-state index in [2.05, 4.69) is 5.32 Å². The summed E-state index contributed by atoms with van der Waals surface area (Å²) in [6, 6.07) is 14.7. The second-order valence-electron chi connectivity index (χ2n) is 5.94. The fourth-order valence-electron chi connectivity index (χ4n) is 2.88. The first-order valence-electron chi connectivity index (χ1n) is 8.00. The molecule has 1 aliphatic heterocycles.